The van der Waals surface area contributed by atoms with Crippen molar-refractivity contribution in [1.82, 2.24) is 0 Å². The zero-order chi connectivity index (χ0) is 15.7. The lowest BCUT2D eigenvalue weighted by atomic mass is 10.0. The second kappa shape index (κ2) is 9.29. The van der Waals surface area contributed by atoms with Crippen LogP contribution in [0.15, 0.2) is 11.8 Å². The van der Waals surface area contributed by atoms with Crippen molar-refractivity contribution in [3.63, 3.8) is 0 Å². The monoisotopic (exact) mass is 312 g/mol. The van der Waals surface area contributed by atoms with E-state index < -0.39 is 8.32 Å². The second-order valence-electron chi connectivity index (χ2n) is 5.97. The first-order valence-corrected chi connectivity index (χ1v) is 11.2. The molecule has 0 radical (unpaired) electrons. The molecule has 21 heavy (non-hydrogen) atoms. The molecular formula is C17H32O3Si. The van der Waals surface area contributed by atoms with Crippen LogP contribution in [0.3, 0.4) is 0 Å². The third-order valence-electron chi connectivity index (χ3n) is 4.72. The summed E-state index contributed by atoms with van der Waals surface area (Å²) < 4.78 is 11.4. The number of hydrogen-bond donors (Lipinski definition) is 0. The molecule has 0 heterocycles. The van der Waals surface area contributed by atoms with Gasteiger partial charge < -0.3 is 9.16 Å². The molecule has 0 N–H and O–H groups in total. The number of esters is 1. The van der Waals surface area contributed by atoms with Crippen LogP contribution in [0, 0.1) is 5.92 Å². The van der Waals surface area contributed by atoms with Crippen LogP contribution in [0.5, 0.6) is 0 Å². The SMILES string of the molecule is CCOC(=O)CCCC1C=C(O[Si](CC)(CC)CC)CC1. The van der Waals surface area contributed by atoms with Crippen molar-refractivity contribution in [2.24, 2.45) is 5.92 Å². The van der Waals surface area contributed by atoms with Crippen LogP contribution in [0.25, 0.3) is 0 Å². The molecule has 0 aliphatic heterocycles. The summed E-state index contributed by atoms with van der Waals surface area (Å²) in [5.74, 6) is 1.75. The molecule has 0 saturated heterocycles. The summed E-state index contributed by atoms with van der Waals surface area (Å²) in [4.78, 5) is 11.3. The quantitative estimate of drug-likeness (QED) is 0.419. The Hall–Kier alpha value is -0.773. The molecule has 0 aromatic heterocycles. The van der Waals surface area contributed by atoms with Crippen molar-refractivity contribution in [3.8, 4) is 0 Å². The topological polar surface area (TPSA) is 35.5 Å². The highest BCUT2D eigenvalue weighted by atomic mass is 28.4. The van der Waals surface area contributed by atoms with Crippen LogP contribution >= 0.6 is 0 Å². The maximum absolute atomic E-state index is 11.3. The Labute approximate surface area is 131 Å². The van der Waals surface area contributed by atoms with E-state index in [1.807, 2.05) is 6.92 Å². The lowest BCUT2D eigenvalue weighted by Crippen LogP contribution is -2.35. The first-order chi connectivity index (χ1) is 10.1. The lowest BCUT2D eigenvalue weighted by molar-refractivity contribution is -0.143. The largest absolute Gasteiger partial charge is 0.547 e. The maximum Gasteiger partial charge on any atom is 0.305 e. The summed E-state index contributed by atoms with van der Waals surface area (Å²) >= 11 is 0. The van der Waals surface area contributed by atoms with Crippen LogP contribution in [0.1, 0.15) is 59.8 Å². The van der Waals surface area contributed by atoms with Gasteiger partial charge in [-0.05, 0) is 56.3 Å². The highest BCUT2D eigenvalue weighted by Gasteiger charge is 2.32. The van der Waals surface area contributed by atoms with E-state index in [0.717, 1.165) is 19.3 Å². The minimum Gasteiger partial charge on any atom is -0.547 e. The van der Waals surface area contributed by atoms with Gasteiger partial charge in [-0.3, -0.25) is 4.79 Å². The summed E-state index contributed by atoms with van der Waals surface area (Å²) in [7, 11) is -1.51. The molecule has 0 amide bonds. The van der Waals surface area contributed by atoms with E-state index in [1.54, 1.807) is 0 Å². The average molecular weight is 313 g/mol. The van der Waals surface area contributed by atoms with Gasteiger partial charge in [0.2, 0.25) is 8.32 Å². The second-order valence-corrected chi connectivity index (χ2v) is 10.7. The van der Waals surface area contributed by atoms with Crippen LogP contribution in [0.4, 0.5) is 0 Å². The molecule has 0 aromatic carbocycles. The zero-order valence-corrected chi connectivity index (χ0v) is 15.2. The molecule has 4 heteroatoms. The van der Waals surface area contributed by atoms with Crippen LogP contribution < -0.4 is 0 Å². The van der Waals surface area contributed by atoms with Gasteiger partial charge in [0.25, 0.3) is 0 Å². The van der Waals surface area contributed by atoms with E-state index in [2.05, 4.69) is 26.8 Å². The molecule has 0 spiro atoms. The van der Waals surface area contributed by atoms with Gasteiger partial charge in [0.1, 0.15) is 0 Å². The zero-order valence-electron chi connectivity index (χ0n) is 14.2. The number of allylic oxidation sites excluding steroid dienone is 2. The Morgan fingerprint density at radius 2 is 1.90 bits per heavy atom. The fraction of sp³-hybridized carbons (Fsp3) is 0.824. The minimum absolute atomic E-state index is 0.0645. The van der Waals surface area contributed by atoms with Gasteiger partial charge >= 0.3 is 5.97 Å². The van der Waals surface area contributed by atoms with Crippen molar-refractivity contribution in [3.05, 3.63) is 11.8 Å². The van der Waals surface area contributed by atoms with Gasteiger partial charge in [-0.25, -0.2) is 0 Å². The Balaban J connectivity index is 2.38. The van der Waals surface area contributed by atoms with Gasteiger partial charge in [-0.1, -0.05) is 20.8 Å². The van der Waals surface area contributed by atoms with Gasteiger partial charge in [-0.15, -0.1) is 0 Å². The highest BCUT2D eigenvalue weighted by Crippen LogP contribution is 2.33. The summed E-state index contributed by atoms with van der Waals surface area (Å²) in [6.07, 6.45) is 7.13. The van der Waals surface area contributed by atoms with E-state index in [1.165, 1.54) is 30.3 Å². The summed E-state index contributed by atoms with van der Waals surface area (Å²) in [5.41, 5.74) is 0. The fourth-order valence-electron chi connectivity index (χ4n) is 3.06. The van der Waals surface area contributed by atoms with Crippen LogP contribution in [0.2, 0.25) is 18.1 Å². The maximum atomic E-state index is 11.3. The van der Waals surface area contributed by atoms with Gasteiger partial charge in [0, 0.05) is 12.8 Å². The summed E-state index contributed by atoms with van der Waals surface area (Å²) in [6.45, 7) is 9.15. The summed E-state index contributed by atoms with van der Waals surface area (Å²) in [6, 6.07) is 3.60. The fourth-order valence-corrected chi connectivity index (χ4v) is 5.72. The van der Waals surface area contributed by atoms with Gasteiger partial charge in [-0.2, -0.15) is 0 Å². The first-order valence-electron chi connectivity index (χ1n) is 8.64. The Morgan fingerprint density at radius 1 is 1.24 bits per heavy atom. The molecule has 0 aromatic rings. The molecule has 1 aliphatic carbocycles. The predicted molar refractivity (Wildman–Crippen MR) is 89.6 cm³/mol. The van der Waals surface area contributed by atoms with E-state index in [-0.39, 0.29) is 5.97 Å². The molecule has 1 aliphatic rings. The van der Waals surface area contributed by atoms with E-state index in [0.29, 0.717) is 18.9 Å². The van der Waals surface area contributed by atoms with Crippen LogP contribution in [-0.2, 0) is 14.0 Å². The van der Waals surface area contributed by atoms with Crippen molar-refractivity contribution in [2.75, 3.05) is 6.61 Å². The Bertz CT molecular complexity index is 340. The number of carbonyl (C=O) groups is 1. The molecule has 3 nitrogen and oxygen atoms in total. The predicted octanol–water partition coefficient (Wildman–Crippen LogP) is 5.04. The number of carbonyl (C=O) groups excluding carboxylic acids is 1. The first kappa shape index (κ1) is 18.3. The number of rotatable bonds is 10. The molecule has 0 saturated carbocycles. The minimum atomic E-state index is -1.51. The third kappa shape index (κ3) is 5.85. The number of hydrogen-bond acceptors (Lipinski definition) is 3. The van der Waals surface area contributed by atoms with Crippen molar-refractivity contribution in [2.45, 2.75) is 77.9 Å². The van der Waals surface area contributed by atoms with Crippen molar-refractivity contribution < 1.29 is 14.0 Å². The standard InChI is InChI=1S/C17H32O3Si/c1-5-19-17(18)11-9-10-15-12-13-16(14-15)20-21(6-2,7-3)8-4/h14-15H,5-13H2,1-4H3. The van der Waals surface area contributed by atoms with Crippen molar-refractivity contribution in [1.29, 1.82) is 0 Å². The highest BCUT2D eigenvalue weighted by molar-refractivity contribution is 6.73. The van der Waals surface area contributed by atoms with E-state index in [4.69, 9.17) is 9.16 Å². The van der Waals surface area contributed by atoms with Gasteiger partial charge in [0.15, 0.2) is 0 Å². The van der Waals surface area contributed by atoms with Gasteiger partial charge in [0.05, 0.1) is 12.4 Å². The van der Waals surface area contributed by atoms with E-state index >= 15 is 0 Å². The molecular weight excluding hydrogens is 280 g/mol. The molecule has 122 valence electrons. The summed E-state index contributed by atoms with van der Waals surface area (Å²) in [5, 5.41) is 0. The number of ether oxygens (including phenoxy) is 1. The molecule has 0 fully saturated rings. The Morgan fingerprint density at radius 3 is 2.48 bits per heavy atom. The average Bonchev–Trinajstić information content (AvgIpc) is 2.92. The third-order valence-corrected chi connectivity index (χ3v) is 9.29. The lowest BCUT2D eigenvalue weighted by Gasteiger charge is -2.29. The molecule has 0 bridgehead atoms. The van der Waals surface area contributed by atoms with Crippen molar-refractivity contribution >= 4 is 14.3 Å². The molecule has 1 atom stereocenters. The molecule has 1 rings (SSSR count). The normalized spacial score (nSPS) is 18.5. The van der Waals surface area contributed by atoms with E-state index in [9.17, 15) is 4.79 Å². The van der Waals surface area contributed by atoms with Crippen LogP contribution in [-0.4, -0.2) is 20.9 Å². The smallest absolute Gasteiger partial charge is 0.305 e. The molecule has 1 unspecified atom stereocenters. The Kier molecular flexibility index (Phi) is 8.08.